The molecule has 0 aromatic heterocycles. The van der Waals surface area contributed by atoms with Gasteiger partial charge < -0.3 is 12.2 Å². The van der Waals surface area contributed by atoms with Gasteiger partial charge in [-0.15, -0.1) is 6.04 Å². The van der Waals surface area contributed by atoms with E-state index in [1.54, 1.807) is 0 Å². The summed E-state index contributed by atoms with van der Waals surface area (Å²) in [7, 11) is 0. The van der Waals surface area contributed by atoms with Crippen molar-refractivity contribution in [3.05, 3.63) is 12.2 Å². The molecule has 0 aliphatic carbocycles. The fourth-order valence-corrected chi connectivity index (χ4v) is 0.258. The minimum atomic E-state index is 0. The molecule has 0 saturated carbocycles. The van der Waals surface area contributed by atoms with E-state index in [-0.39, 0.29) is 65.4 Å². The molecule has 0 amide bonds. The van der Waals surface area contributed by atoms with Crippen molar-refractivity contribution in [3.63, 3.8) is 0 Å². The van der Waals surface area contributed by atoms with Crippen LogP contribution in [0.2, 0.25) is 0 Å². The van der Waals surface area contributed by atoms with Gasteiger partial charge in [0.2, 0.25) is 0 Å². The van der Waals surface area contributed by atoms with Gasteiger partial charge in [0.1, 0.15) is 0 Å². The monoisotopic (exact) mass is 263 g/mol. The van der Waals surface area contributed by atoms with Crippen molar-refractivity contribution in [2.45, 2.75) is 19.9 Å². The van der Waals surface area contributed by atoms with Gasteiger partial charge in [-0.2, -0.15) is 0 Å². The molecule has 0 atom stereocenters. The van der Waals surface area contributed by atoms with Gasteiger partial charge in [0, 0.05) is 65.4 Å². The fourth-order valence-electron chi connectivity index (χ4n) is 0.258. The Morgan fingerprint density at radius 1 is 1.38 bits per heavy atom. The van der Waals surface area contributed by atoms with Crippen molar-refractivity contribution in [3.8, 4) is 0 Å². The molecule has 0 spiro atoms. The third kappa shape index (κ3) is 15.7. The summed E-state index contributed by atoms with van der Waals surface area (Å²) < 4.78 is 0. The summed E-state index contributed by atoms with van der Waals surface area (Å²) in [6.07, 6.45) is 0. The molecule has 0 aliphatic rings. The van der Waals surface area contributed by atoms with Gasteiger partial charge in [-0.1, -0.05) is 13.8 Å². The summed E-state index contributed by atoms with van der Waals surface area (Å²) in [5.41, 5.74) is 0. The van der Waals surface area contributed by atoms with Gasteiger partial charge in [-0.3, -0.25) is 6.54 Å². The zero-order chi connectivity index (χ0) is 4.99. The summed E-state index contributed by atoms with van der Waals surface area (Å²) in [6, 6.07) is 0.461. The van der Waals surface area contributed by atoms with Crippen LogP contribution < -0.4 is 0 Å². The van der Waals surface area contributed by atoms with Gasteiger partial charge in [0.25, 0.3) is 0 Å². The van der Waals surface area contributed by atoms with Crippen molar-refractivity contribution < 1.29 is 65.4 Å². The van der Waals surface area contributed by atoms with Crippen molar-refractivity contribution in [2.24, 2.45) is 0 Å². The molecule has 0 heterocycles. The Kier molecular flexibility index (Phi) is 24.8. The van der Waals surface area contributed by atoms with Crippen molar-refractivity contribution in [2.75, 3.05) is 6.54 Å². The predicted molar refractivity (Wildman–Crippen MR) is 28.7 cm³/mol. The summed E-state index contributed by atoms with van der Waals surface area (Å²) in [5.74, 6) is 0. The molecule has 0 unspecified atom stereocenters. The van der Waals surface area contributed by atoms with E-state index in [0.717, 1.165) is 0 Å². The van der Waals surface area contributed by atoms with E-state index in [1.807, 2.05) is 13.8 Å². The third-order valence-corrected chi connectivity index (χ3v) is 0.494. The van der Waals surface area contributed by atoms with Crippen LogP contribution in [-0.4, -0.2) is 12.6 Å². The van der Waals surface area contributed by atoms with Crippen molar-refractivity contribution >= 4 is 0 Å². The van der Waals surface area contributed by atoms with Crippen LogP contribution in [0.15, 0.2) is 0 Å². The Balaban J connectivity index is -0.000000125. The van der Waals surface area contributed by atoms with Crippen LogP contribution in [0.3, 0.4) is 0 Å². The number of hydrogen-bond donors (Lipinski definition) is 0. The Morgan fingerprint density at radius 3 is 1.75 bits per heavy atom. The molecule has 0 saturated heterocycles. The zero-order valence-electron chi connectivity index (χ0n) is 5.59. The maximum absolute atomic E-state index is 4.01. The van der Waals surface area contributed by atoms with Crippen LogP contribution in [0.25, 0.3) is 5.32 Å². The van der Waals surface area contributed by atoms with Crippen LogP contribution in [0.4, 0.5) is 0 Å². The van der Waals surface area contributed by atoms with Crippen LogP contribution in [0.1, 0.15) is 13.8 Å². The van der Waals surface area contributed by atoms with Crippen LogP contribution in [0.5, 0.6) is 0 Å². The molecule has 1 nitrogen and oxygen atoms in total. The average molecular weight is 263 g/mol. The van der Waals surface area contributed by atoms with E-state index in [2.05, 4.69) is 12.2 Å². The first-order valence-corrected chi connectivity index (χ1v) is 2.23. The summed E-state index contributed by atoms with van der Waals surface area (Å²) in [5, 5.41) is 4.01. The van der Waals surface area contributed by atoms with E-state index >= 15 is 0 Å². The molecule has 2 radical (unpaired) electrons. The second kappa shape index (κ2) is 11.9. The second-order valence-electron chi connectivity index (χ2n) is 1.50. The summed E-state index contributed by atoms with van der Waals surface area (Å²) in [6.45, 7) is 8.36. The fraction of sp³-hybridized carbons (Fsp3) is 0.800. The second-order valence-corrected chi connectivity index (χ2v) is 1.50. The number of nitrogens with zero attached hydrogens (tertiary/aromatic N) is 1. The largest absolute Gasteiger partial charge is 0.686 e. The zero-order valence-corrected chi connectivity index (χ0v) is 11.3. The molecule has 0 rings (SSSR count). The topological polar surface area (TPSA) is 14.1 Å². The Morgan fingerprint density at radius 2 is 1.75 bits per heavy atom. The summed E-state index contributed by atoms with van der Waals surface area (Å²) in [4.78, 5) is 0. The average Bonchev–Trinajstić information content (AvgIpc) is 1.35. The molecule has 8 heavy (non-hydrogen) atoms. The van der Waals surface area contributed by atoms with E-state index < -0.39 is 0 Å². The molecule has 0 N–H and O–H groups in total. The van der Waals surface area contributed by atoms with Crippen LogP contribution in [-0.2, 0) is 65.4 Å². The van der Waals surface area contributed by atoms with Crippen molar-refractivity contribution in [1.29, 1.82) is 0 Å². The first kappa shape index (κ1) is 16.6. The Hall–Kier alpha value is 2.17. The quantitative estimate of drug-likeness (QED) is 0.672. The van der Waals surface area contributed by atoms with Gasteiger partial charge in [-0.05, 0) is 0 Å². The Labute approximate surface area is 103 Å². The van der Waals surface area contributed by atoms with E-state index in [1.165, 1.54) is 0 Å². The van der Waals surface area contributed by atoms with E-state index in [0.29, 0.717) is 12.6 Å². The van der Waals surface area contributed by atoms with E-state index in [9.17, 15) is 0 Å². The van der Waals surface area contributed by atoms with Gasteiger partial charge in [-0.25, -0.2) is 0 Å². The van der Waals surface area contributed by atoms with Gasteiger partial charge in [0.15, 0.2) is 0 Å². The van der Waals surface area contributed by atoms with Crippen LogP contribution in [0, 0.1) is 6.92 Å². The molecule has 3 heteroatoms. The number of rotatable bonds is 2. The smallest absolute Gasteiger partial charge is 0 e. The maximum atomic E-state index is 4.01. The predicted octanol–water partition coefficient (Wildman–Crippen LogP) is 1.60. The molecule has 0 fully saturated rings. The van der Waals surface area contributed by atoms with E-state index in [4.69, 9.17) is 0 Å². The minimum Gasteiger partial charge on any atom is -0.686 e. The molecular weight excluding hydrogens is 252 g/mol. The minimum absolute atomic E-state index is 0. The van der Waals surface area contributed by atoms with Crippen LogP contribution >= 0.6 is 0 Å². The van der Waals surface area contributed by atoms with Gasteiger partial charge in [0.05, 0.1) is 0 Å². The Bertz CT molecular complexity index is 31.6. The normalized spacial score (nSPS) is 7.50. The molecular formula is C5H11NY2-2. The van der Waals surface area contributed by atoms with Crippen molar-refractivity contribution in [1.82, 2.24) is 0 Å². The molecule has 44 valence electrons. The number of hydrogen-bond acceptors (Lipinski definition) is 0. The molecule has 0 aromatic carbocycles. The first-order chi connectivity index (χ1) is 2.77. The first-order valence-electron chi connectivity index (χ1n) is 2.23. The van der Waals surface area contributed by atoms with Gasteiger partial charge >= 0.3 is 0 Å². The molecule has 0 aromatic rings. The SMILES string of the molecule is [CH2-]C[N-]C(C)C.[Y].[Y]. The standard InChI is InChI=1S/C5H11N.2Y/c1-4-6-5(2)3;;/h5H,1,4H2,2-3H3;;/q-2;;. The molecule has 0 bridgehead atoms. The maximum Gasteiger partial charge on any atom is 0 e. The molecule has 0 aliphatic heterocycles. The summed E-state index contributed by atoms with van der Waals surface area (Å²) >= 11 is 0. The third-order valence-electron chi connectivity index (χ3n) is 0.494.